The highest BCUT2D eigenvalue weighted by atomic mass is 16.3. The van der Waals surface area contributed by atoms with Crippen molar-refractivity contribution in [2.24, 2.45) is 0 Å². The molecule has 0 bridgehead atoms. The standard InChI is InChI=1S/C13H13N3O3/c17-8-7-15-12(18)13(19)16-10-5-1-3-9-4-2-6-14-11(9)10/h1-6,17H,7-8H2,(H,15,18)(H,16,19). The monoisotopic (exact) mass is 259 g/mol. The predicted molar refractivity (Wildman–Crippen MR) is 70.5 cm³/mol. The Hall–Kier alpha value is -2.47. The number of carbonyl (C=O) groups is 2. The number of hydrogen-bond donors (Lipinski definition) is 3. The van der Waals surface area contributed by atoms with Gasteiger partial charge in [-0.2, -0.15) is 0 Å². The molecule has 0 atom stereocenters. The van der Waals surface area contributed by atoms with E-state index in [0.29, 0.717) is 11.2 Å². The first kappa shape index (κ1) is 13.0. The second-order valence-electron chi connectivity index (χ2n) is 3.81. The van der Waals surface area contributed by atoms with Crippen molar-refractivity contribution >= 4 is 28.4 Å². The van der Waals surface area contributed by atoms with Crippen molar-refractivity contribution in [2.75, 3.05) is 18.5 Å². The number of nitrogens with one attached hydrogen (secondary N) is 2. The fourth-order valence-electron chi connectivity index (χ4n) is 1.63. The fourth-order valence-corrected chi connectivity index (χ4v) is 1.63. The largest absolute Gasteiger partial charge is 0.395 e. The number of nitrogens with zero attached hydrogens (tertiary/aromatic N) is 1. The molecule has 0 radical (unpaired) electrons. The second-order valence-corrected chi connectivity index (χ2v) is 3.81. The third-order valence-corrected chi connectivity index (χ3v) is 2.48. The van der Waals surface area contributed by atoms with Gasteiger partial charge in [-0.3, -0.25) is 14.6 Å². The van der Waals surface area contributed by atoms with Gasteiger partial charge in [0.15, 0.2) is 0 Å². The van der Waals surface area contributed by atoms with Crippen LogP contribution in [0.1, 0.15) is 0 Å². The van der Waals surface area contributed by atoms with E-state index in [1.165, 1.54) is 0 Å². The zero-order chi connectivity index (χ0) is 13.7. The van der Waals surface area contributed by atoms with Crippen LogP contribution in [0.15, 0.2) is 36.5 Å². The van der Waals surface area contributed by atoms with Crippen LogP contribution in [0, 0.1) is 0 Å². The number of benzene rings is 1. The van der Waals surface area contributed by atoms with Gasteiger partial charge in [-0.1, -0.05) is 18.2 Å². The Balaban J connectivity index is 2.17. The zero-order valence-corrected chi connectivity index (χ0v) is 10.1. The van der Waals surface area contributed by atoms with Crippen LogP contribution < -0.4 is 10.6 Å². The summed E-state index contributed by atoms with van der Waals surface area (Å²) in [5, 5.41) is 14.2. The molecule has 0 fully saturated rings. The van der Waals surface area contributed by atoms with Crippen LogP contribution in [0.4, 0.5) is 5.69 Å². The molecule has 6 heteroatoms. The van der Waals surface area contributed by atoms with Gasteiger partial charge in [0.1, 0.15) is 0 Å². The molecule has 0 spiro atoms. The number of pyridine rings is 1. The molecule has 0 aliphatic carbocycles. The molecule has 6 nitrogen and oxygen atoms in total. The third-order valence-electron chi connectivity index (χ3n) is 2.48. The fraction of sp³-hybridized carbons (Fsp3) is 0.154. The van der Waals surface area contributed by atoms with Crippen molar-refractivity contribution < 1.29 is 14.7 Å². The normalized spacial score (nSPS) is 10.2. The minimum atomic E-state index is -0.790. The van der Waals surface area contributed by atoms with Crippen LogP contribution in [0.25, 0.3) is 10.9 Å². The summed E-state index contributed by atoms with van der Waals surface area (Å²) in [5.41, 5.74) is 1.09. The lowest BCUT2D eigenvalue weighted by atomic mass is 10.2. The van der Waals surface area contributed by atoms with Gasteiger partial charge < -0.3 is 15.7 Å². The first-order valence-corrected chi connectivity index (χ1v) is 5.76. The SMILES string of the molecule is O=C(NCCO)C(=O)Nc1cccc2cccnc12. The average molecular weight is 259 g/mol. The van der Waals surface area contributed by atoms with Gasteiger partial charge in [0.25, 0.3) is 0 Å². The van der Waals surface area contributed by atoms with E-state index in [4.69, 9.17) is 5.11 Å². The van der Waals surface area contributed by atoms with Gasteiger partial charge in [0.2, 0.25) is 0 Å². The Labute approximate surface area is 109 Å². The van der Waals surface area contributed by atoms with Crippen molar-refractivity contribution in [3.8, 4) is 0 Å². The molecule has 0 aliphatic heterocycles. The number of hydrogen-bond acceptors (Lipinski definition) is 4. The summed E-state index contributed by atoms with van der Waals surface area (Å²) in [5.74, 6) is -1.58. The van der Waals surface area contributed by atoms with E-state index in [0.717, 1.165) is 5.39 Å². The molecule has 3 N–H and O–H groups in total. The molecule has 1 aromatic carbocycles. The van der Waals surface area contributed by atoms with Gasteiger partial charge in [0.05, 0.1) is 17.8 Å². The summed E-state index contributed by atoms with van der Waals surface area (Å²) in [4.78, 5) is 27.2. The van der Waals surface area contributed by atoms with Crippen LogP contribution in [-0.2, 0) is 9.59 Å². The van der Waals surface area contributed by atoms with Crippen molar-refractivity contribution in [2.45, 2.75) is 0 Å². The van der Waals surface area contributed by atoms with E-state index >= 15 is 0 Å². The molecule has 0 aliphatic rings. The molecule has 0 saturated carbocycles. The number of aliphatic hydroxyl groups excluding tert-OH is 1. The van der Waals surface area contributed by atoms with Gasteiger partial charge in [-0.15, -0.1) is 0 Å². The maximum Gasteiger partial charge on any atom is 0.313 e. The maximum atomic E-state index is 11.6. The van der Waals surface area contributed by atoms with Crippen LogP contribution in [0.5, 0.6) is 0 Å². The minimum Gasteiger partial charge on any atom is -0.395 e. The lowest BCUT2D eigenvalue weighted by Crippen LogP contribution is -2.36. The Morgan fingerprint density at radius 3 is 2.74 bits per heavy atom. The lowest BCUT2D eigenvalue weighted by molar-refractivity contribution is -0.136. The Morgan fingerprint density at radius 1 is 1.16 bits per heavy atom. The van der Waals surface area contributed by atoms with E-state index in [2.05, 4.69) is 15.6 Å². The molecule has 19 heavy (non-hydrogen) atoms. The van der Waals surface area contributed by atoms with Gasteiger partial charge in [-0.05, 0) is 12.1 Å². The Morgan fingerprint density at radius 2 is 1.95 bits per heavy atom. The van der Waals surface area contributed by atoms with E-state index in [1.807, 2.05) is 12.1 Å². The maximum absolute atomic E-state index is 11.6. The highest BCUT2D eigenvalue weighted by Crippen LogP contribution is 2.20. The number of para-hydroxylation sites is 1. The zero-order valence-electron chi connectivity index (χ0n) is 10.1. The first-order chi connectivity index (χ1) is 9.22. The van der Waals surface area contributed by atoms with Crippen molar-refractivity contribution in [1.29, 1.82) is 0 Å². The summed E-state index contributed by atoms with van der Waals surface area (Å²) in [6.07, 6.45) is 1.61. The van der Waals surface area contributed by atoms with Gasteiger partial charge in [-0.25, -0.2) is 0 Å². The molecular weight excluding hydrogens is 246 g/mol. The Kier molecular flexibility index (Phi) is 4.04. The molecule has 98 valence electrons. The quantitative estimate of drug-likeness (QED) is 0.690. The minimum absolute atomic E-state index is 0.0417. The number of rotatable bonds is 3. The smallest absolute Gasteiger partial charge is 0.313 e. The number of fused-ring (bicyclic) bond motifs is 1. The average Bonchev–Trinajstić information content (AvgIpc) is 2.45. The van der Waals surface area contributed by atoms with E-state index in [-0.39, 0.29) is 13.2 Å². The summed E-state index contributed by atoms with van der Waals surface area (Å²) in [7, 11) is 0. The highest BCUT2D eigenvalue weighted by Gasteiger charge is 2.14. The van der Waals surface area contributed by atoms with Gasteiger partial charge >= 0.3 is 11.8 Å². The summed E-state index contributed by atoms with van der Waals surface area (Å²) in [6, 6.07) is 8.97. The van der Waals surface area contributed by atoms with Crippen LogP contribution in [0.3, 0.4) is 0 Å². The lowest BCUT2D eigenvalue weighted by Gasteiger charge is -2.07. The van der Waals surface area contributed by atoms with E-state index in [1.54, 1.807) is 24.4 Å². The molecule has 0 unspecified atom stereocenters. The topological polar surface area (TPSA) is 91.3 Å². The van der Waals surface area contributed by atoms with Crippen LogP contribution in [-0.4, -0.2) is 35.1 Å². The van der Waals surface area contributed by atoms with Crippen LogP contribution in [0.2, 0.25) is 0 Å². The molecule has 2 rings (SSSR count). The molecular formula is C13H13N3O3. The summed E-state index contributed by atoms with van der Waals surface area (Å²) in [6.45, 7) is -0.172. The van der Waals surface area contributed by atoms with Crippen molar-refractivity contribution in [3.05, 3.63) is 36.5 Å². The molecule has 2 amide bonds. The van der Waals surface area contributed by atoms with Crippen molar-refractivity contribution in [1.82, 2.24) is 10.3 Å². The number of amides is 2. The Bertz CT molecular complexity index is 608. The van der Waals surface area contributed by atoms with E-state index < -0.39 is 11.8 Å². The van der Waals surface area contributed by atoms with Crippen LogP contribution >= 0.6 is 0 Å². The van der Waals surface area contributed by atoms with Gasteiger partial charge in [0, 0.05) is 18.1 Å². The van der Waals surface area contributed by atoms with Crippen molar-refractivity contribution in [3.63, 3.8) is 0 Å². The summed E-state index contributed by atoms with van der Waals surface area (Å²) < 4.78 is 0. The predicted octanol–water partition coefficient (Wildman–Crippen LogP) is 0.282. The summed E-state index contributed by atoms with van der Waals surface area (Å²) >= 11 is 0. The first-order valence-electron chi connectivity index (χ1n) is 5.76. The molecule has 1 heterocycles. The molecule has 2 aromatic rings. The second kappa shape index (κ2) is 5.92. The van der Waals surface area contributed by atoms with E-state index in [9.17, 15) is 9.59 Å². The molecule has 1 aromatic heterocycles. The highest BCUT2D eigenvalue weighted by molar-refractivity contribution is 6.40. The molecule has 0 saturated heterocycles. The third kappa shape index (κ3) is 3.05. The number of aromatic nitrogens is 1. The number of aliphatic hydroxyl groups is 1. The number of anilines is 1. The number of carbonyl (C=O) groups excluding carboxylic acids is 2.